The van der Waals surface area contributed by atoms with E-state index in [2.05, 4.69) is 15.3 Å². The van der Waals surface area contributed by atoms with Gasteiger partial charge in [-0.15, -0.1) is 10.2 Å². The van der Waals surface area contributed by atoms with Gasteiger partial charge in [-0.2, -0.15) is 9.78 Å². The molecule has 24 heavy (non-hydrogen) atoms. The van der Waals surface area contributed by atoms with E-state index in [9.17, 15) is 0 Å². The third-order valence-electron chi connectivity index (χ3n) is 3.20. The van der Waals surface area contributed by atoms with Gasteiger partial charge in [-0.1, -0.05) is 35.5 Å². The third-order valence-corrected chi connectivity index (χ3v) is 4.13. The fraction of sp³-hybridized carbons (Fsp3) is 0.188. The van der Waals surface area contributed by atoms with E-state index in [-0.39, 0.29) is 0 Å². The van der Waals surface area contributed by atoms with Crippen molar-refractivity contribution in [3.63, 3.8) is 0 Å². The number of thioether (sulfide) groups is 1. The molecular formula is C16H15ClN4O2S. The second-order valence-corrected chi connectivity index (χ2v) is 6.07. The predicted molar refractivity (Wildman–Crippen MR) is 94.0 cm³/mol. The molecule has 3 rings (SSSR count). The van der Waals surface area contributed by atoms with Gasteiger partial charge in [0.2, 0.25) is 5.16 Å². The topological polar surface area (TPSA) is 65.4 Å². The van der Waals surface area contributed by atoms with Crippen molar-refractivity contribution in [1.29, 1.82) is 0 Å². The van der Waals surface area contributed by atoms with Crippen molar-refractivity contribution in [2.24, 2.45) is 5.10 Å². The molecule has 0 saturated carbocycles. The van der Waals surface area contributed by atoms with Crippen molar-refractivity contribution in [1.82, 2.24) is 14.9 Å². The number of furan rings is 1. The lowest BCUT2D eigenvalue weighted by Gasteiger charge is -2.09. The first-order chi connectivity index (χ1) is 11.7. The Hall–Kier alpha value is -2.25. The molecule has 0 bridgehead atoms. The number of para-hydroxylation sites is 1. The van der Waals surface area contributed by atoms with Crippen molar-refractivity contribution in [3.8, 4) is 5.75 Å². The fourth-order valence-electron chi connectivity index (χ4n) is 2.04. The Labute approximate surface area is 148 Å². The molecule has 0 aliphatic rings. The second-order valence-electron chi connectivity index (χ2n) is 4.89. The molecule has 0 spiro atoms. The quantitative estimate of drug-likeness (QED) is 0.489. The summed E-state index contributed by atoms with van der Waals surface area (Å²) in [5.41, 5.74) is 0.980. The van der Waals surface area contributed by atoms with Gasteiger partial charge < -0.3 is 9.15 Å². The number of aromatic nitrogens is 3. The SMILES string of the molecule is CSc1nncn1/N=C/c1ccc(COc2c(C)cccc2Cl)o1. The summed E-state index contributed by atoms with van der Waals surface area (Å²) in [4.78, 5) is 0. The van der Waals surface area contributed by atoms with Gasteiger partial charge in [0.15, 0.2) is 0 Å². The molecule has 0 aliphatic heterocycles. The van der Waals surface area contributed by atoms with Crippen LogP contribution in [0.3, 0.4) is 0 Å². The van der Waals surface area contributed by atoms with Crippen molar-refractivity contribution in [3.05, 3.63) is 58.8 Å². The molecule has 0 unspecified atom stereocenters. The minimum absolute atomic E-state index is 0.293. The van der Waals surface area contributed by atoms with E-state index < -0.39 is 0 Å². The van der Waals surface area contributed by atoms with Crippen molar-refractivity contribution < 1.29 is 9.15 Å². The summed E-state index contributed by atoms with van der Waals surface area (Å²) in [6.07, 6.45) is 5.05. The van der Waals surface area contributed by atoms with E-state index in [0.29, 0.717) is 34.1 Å². The Morgan fingerprint density at radius 2 is 2.25 bits per heavy atom. The number of hydrogen-bond acceptors (Lipinski definition) is 6. The summed E-state index contributed by atoms with van der Waals surface area (Å²) in [6.45, 7) is 2.24. The summed E-state index contributed by atoms with van der Waals surface area (Å²) >= 11 is 7.61. The monoisotopic (exact) mass is 362 g/mol. The van der Waals surface area contributed by atoms with Gasteiger partial charge in [0.25, 0.3) is 0 Å². The van der Waals surface area contributed by atoms with E-state index in [0.717, 1.165) is 5.56 Å². The lowest BCUT2D eigenvalue weighted by atomic mass is 10.2. The Bertz CT molecular complexity index is 839. The predicted octanol–water partition coefficient (Wildman–Crippen LogP) is 4.02. The second kappa shape index (κ2) is 7.55. The lowest BCUT2D eigenvalue weighted by Crippen LogP contribution is -1.96. The molecule has 8 heteroatoms. The van der Waals surface area contributed by atoms with E-state index in [1.807, 2.05) is 37.4 Å². The zero-order chi connectivity index (χ0) is 16.9. The van der Waals surface area contributed by atoms with Gasteiger partial charge in [-0.05, 0) is 36.9 Å². The molecule has 6 nitrogen and oxygen atoms in total. The van der Waals surface area contributed by atoms with Crippen LogP contribution in [0, 0.1) is 6.92 Å². The number of ether oxygens (including phenoxy) is 1. The van der Waals surface area contributed by atoms with E-state index in [1.54, 1.807) is 17.0 Å². The first-order valence-corrected chi connectivity index (χ1v) is 8.72. The van der Waals surface area contributed by atoms with Gasteiger partial charge in [-0.3, -0.25) is 0 Å². The van der Waals surface area contributed by atoms with Crippen molar-refractivity contribution >= 4 is 29.6 Å². The number of benzene rings is 1. The highest BCUT2D eigenvalue weighted by molar-refractivity contribution is 7.98. The molecule has 0 aliphatic carbocycles. The van der Waals surface area contributed by atoms with E-state index in [4.69, 9.17) is 20.8 Å². The summed E-state index contributed by atoms with van der Waals surface area (Å²) < 4.78 is 13.0. The summed E-state index contributed by atoms with van der Waals surface area (Å²) in [6, 6.07) is 9.30. The maximum Gasteiger partial charge on any atom is 0.211 e. The molecule has 2 aromatic heterocycles. The Kier molecular flexibility index (Phi) is 5.22. The maximum absolute atomic E-state index is 6.14. The number of hydrogen-bond donors (Lipinski definition) is 0. The number of rotatable bonds is 6. The lowest BCUT2D eigenvalue weighted by molar-refractivity contribution is 0.268. The molecule has 3 aromatic rings. The van der Waals surface area contributed by atoms with Gasteiger partial charge in [-0.25, -0.2) is 0 Å². The van der Waals surface area contributed by atoms with Crippen LogP contribution >= 0.6 is 23.4 Å². The molecule has 124 valence electrons. The van der Waals surface area contributed by atoms with Gasteiger partial charge >= 0.3 is 0 Å². The molecule has 1 aromatic carbocycles. The van der Waals surface area contributed by atoms with Gasteiger partial charge in [0.1, 0.15) is 30.2 Å². The van der Waals surface area contributed by atoms with Crippen LogP contribution in [0.1, 0.15) is 17.1 Å². The minimum Gasteiger partial charge on any atom is -0.484 e. The summed E-state index contributed by atoms with van der Waals surface area (Å²) in [7, 11) is 0. The van der Waals surface area contributed by atoms with Crippen LogP contribution in [0.5, 0.6) is 5.75 Å². The molecule has 0 saturated heterocycles. The van der Waals surface area contributed by atoms with Crippen LogP contribution < -0.4 is 4.74 Å². The molecule has 0 radical (unpaired) electrons. The number of aryl methyl sites for hydroxylation is 1. The smallest absolute Gasteiger partial charge is 0.211 e. The van der Waals surface area contributed by atoms with Crippen molar-refractivity contribution in [2.75, 3.05) is 6.26 Å². The average molecular weight is 363 g/mol. The van der Waals surface area contributed by atoms with Gasteiger partial charge in [0.05, 0.1) is 11.2 Å². The molecular weight excluding hydrogens is 348 g/mol. The van der Waals surface area contributed by atoms with Crippen LogP contribution in [0.15, 0.2) is 51.3 Å². The maximum atomic E-state index is 6.14. The minimum atomic E-state index is 0.293. The zero-order valence-corrected chi connectivity index (χ0v) is 14.7. The largest absolute Gasteiger partial charge is 0.484 e. The van der Waals surface area contributed by atoms with Crippen LogP contribution in [-0.4, -0.2) is 27.3 Å². The summed E-state index contributed by atoms with van der Waals surface area (Å²) in [5.74, 6) is 1.97. The molecule has 0 fully saturated rings. The van der Waals surface area contributed by atoms with Crippen LogP contribution in [0.4, 0.5) is 0 Å². The Morgan fingerprint density at radius 3 is 3.04 bits per heavy atom. The standard InChI is InChI=1S/C16H15ClN4O2S/c1-11-4-3-5-14(17)15(11)22-9-13-7-6-12(23-13)8-19-21-10-18-20-16(21)24-2/h3-8,10H,9H2,1-2H3/b19-8+. The van der Waals surface area contributed by atoms with Crippen LogP contribution in [0.25, 0.3) is 0 Å². The molecule has 0 atom stereocenters. The molecule has 2 heterocycles. The van der Waals surface area contributed by atoms with Gasteiger partial charge in [0, 0.05) is 0 Å². The average Bonchev–Trinajstić information content (AvgIpc) is 3.21. The number of halogens is 1. The Morgan fingerprint density at radius 1 is 1.38 bits per heavy atom. The zero-order valence-electron chi connectivity index (χ0n) is 13.1. The fourth-order valence-corrected chi connectivity index (χ4v) is 2.72. The highest BCUT2D eigenvalue weighted by Crippen LogP contribution is 2.28. The third kappa shape index (κ3) is 3.80. The molecule has 0 amide bonds. The van der Waals surface area contributed by atoms with Crippen LogP contribution in [0.2, 0.25) is 5.02 Å². The first kappa shape index (κ1) is 16.6. The van der Waals surface area contributed by atoms with E-state index in [1.165, 1.54) is 18.1 Å². The summed E-state index contributed by atoms with van der Waals surface area (Å²) in [5, 5.41) is 13.3. The normalized spacial score (nSPS) is 11.3. The Balaban J connectivity index is 1.66. The van der Waals surface area contributed by atoms with Crippen molar-refractivity contribution in [2.45, 2.75) is 18.7 Å². The highest BCUT2D eigenvalue weighted by Gasteiger charge is 2.07. The number of nitrogens with zero attached hydrogens (tertiary/aromatic N) is 4. The molecule has 0 N–H and O–H groups in total. The highest BCUT2D eigenvalue weighted by atomic mass is 35.5. The first-order valence-electron chi connectivity index (χ1n) is 7.12. The van der Waals surface area contributed by atoms with Crippen LogP contribution in [-0.2, 0) is 6.61 Å². The van der Waals surface area contributed by atoms with E-state index >= 15 is 0 Å².